The Balaban J connectivity index is 2.17. The molecule has 39 heavy (non-hydrogen) atoms. The van der Waals surface area contributed by atoms with Crippen LogP contribution in [0, 0.1) is 17.3 Å². The standard InChI is InChI=1S/C28H37F3N2O6/c1-4-7-13-27(16-32-26(37)28(29,30)31)17-33(15-18-11-9-8-10-12-18)20-14-19(27)21(24(35)38-5-2)23(34)22(20)25(36)39-6-3/h8-12,19-21,34H,4-7,13-17H2,1-3H3,(H,32,37)/t19-,20+,21?,27+/m1/s1. The van der Waals surface area contributed by atoms with Gasteiger partial charge in [0.15, 0.2) is 0 Å². The van der Waals surface area contributed by atoms with Crippen molar-refractivity contribution in [2.24, 2.45) is 17.3 Å². The van der Waals surface area contributed by atoms with Gasteiger partial charge in [-0.15, -0.1) is 0 Å². The first-order chi connectivity index (χ1) is 18.5. The normalized spacial score (nSPS) is 25.2. The number of benzene rings is 1. The maximum absolute atomic E-state index is 13.2. The number of esters is 2. The van der Waals surface area contributed by atoms with Gasteiger partial charge in [-0.05, 0) is 38.2 Å². The first-order valence-corrected chi connectivity index (χ1v) is 13.4. The largest absolute Gasteiger partial charge is 0.511 e. The highest BCUT2D eigenvalue weighted by Gasteiger charge is 2.58. The summed E-state index contributed by atoms with van der Waals surface area (Å²) in [6.07, 6.45) is -3.14. The Morgan fingerprint density at radius 3 is 2.36 bits per heavy atom. The van der Waals surface area contributed by atoms with E-state index in [1.807, 2.05) is 42.2 Å². The van der Waals surface area contributed by atoms with E-state index in [0.717, 1.165) is 12.0 Å². The van der Waals surface area contributed by atoms with E-state index in [9.17, 15) is 32.7 Å². The number of carbonyl (C=O) groups is 3. The third-order valence-corrected chi connectivity index (χ3v) is 7.68. The monoisotopic (exact) mass is 554 g/mol. The number of aliphatic hydroxyl groups is 1. The number of ether oxygens (including phenoxy) is 2. The SMILES string of the molecule is CCCC[C@]1(CNC(=O)C(F)(F)F)CN(Cc2ccccc2)[C@H]2C[C@@H]1C(C(=O)OCC)C(O)=C2C(=O)OCC. The fourth-order valence-electron chi connectivity index (χ4n) is 5.96. The van der Waals surface area contributed by atoms with Crippen LogP contribution in [0.2, 0.25) is 0 Å². The first kappa shape index (κ1) is 30.5. The van der Waals surface area contributed by atoms with Gasteiger partial charge in [0.1, 0.15) is 11.7 Å². The predicted octanol–water partition coefficient (Wildman–Crippen LogP) is 4.30. The van der Waals surface area contributed by atoms with Crippen molar-refractivity contribution in [1.29, 1.82) is 0 Å². The van der Waals surface area contributed by atoms with Gasteiger partial charge in [-0.3, -0.25) is 14.5 Å². The molecule has 1 aliphatic carbocycles. The molecule has 1 aliphatic heterocycles. The number of alkyl halides is 3. The molecule has 4 atom stereocenters. The number of hydrogen-bond acceptors (Lipinski definition) is 7. The van der Waals surface area contributed by atoms with Crippen molar-refractivity contribution >= 4 is 17.8 Å². The molecule has 2 bridgehead atoms. The van der Waals surface area contributed by atoms with Crippen molar-refractivity contribution in [3.05, 3.63) is 47.2 Å². The maximum atomic E-state index is 13.2. The number of hydrogen-bond donors (Lipinski definition) is 2. The Labute approximate surface area is 226 Å². The number of piperidine rings is 1. The van der Waals surface area contributed by atoms with Crippen LogP contribution in [0.3, 0.4) is 0 Å². The van der Waals surface area contributed by atoms with E-state index in [-0.39, 0.29) is 38.3 Å². The van der Waals surface area contributed by atoms with Gasteiger partial charge in [-0.2, -0.15) is 13.2 Å². The topological polar surface area (TPSA) is 105 Å². The molecule has 0 spiro atoms. The van der Waals surface area contributed by atoms with E-state index in [2.05, 4.69) is 5.32 Å². The van der Waals surface area contributed by atoms with E-state index in [1.165, 1.54) is 0 Å². The molecule has 1 aromatic rings. The van der Waals surface area contributed by atoms with Crippen LogP contribution in [-0.2, 0) is 30.4 Å². The minimum absolute atomic E-state index is 0.0143. The fraction of sp³-hybridized carbons (Fsp3) is 0.607. The van der Waals surface area contributed by atoms with E-state index < -0.39 is 53.1 Å². The van der Waals surface area contributed by atoms with Crippen LogP contribution >= 0.6 is 0 Å². The number of aliphatic hydroxyl groups excluding tert-OH is 1. The molecule has 216 valence electrons. The van der Waals surface area contributed by atoms with Crippen LogP contribution < -0.4 is 5.32 Å². The van der Waals surface area contributed by atoms with Crippen LogP contribution in [0.25, 0.3) is 0 Å². The number of likely N-dealkylation sites (tertiary alicyclic amines) is 1. The Morgan fingerprint density at radius 2 is 1.77 bits per heavy atom. The zero-order valence-corrected chi connectivity index (χ0v) is 22.6. The molecular formula is C28H37F3N2O6. The highest BCUT2D eigenvalue weighted by molar-refractivity contribution is 5.92. The number of rotatable bonds is 11. The smallest absolute Gasteiger partial charge is 0.471 e. The summed E-state index contributed by atoms with van der Waals surface area (Å²) < 4.78 is 50.1. The number of nitrogens with zero attached hydrogens (tertiary/aromatic N) is 1. The van der Waals surface area contributed by atoms with Gasteiger partial charge in [0.25, 0.3) is 0 Å². The number of carbonyl (C=O) groups excluding carboxylic acids is 3. The lowest BCUT2D eigenvalue weighted by Gasteiger charge is -2.56. The molecule has 8 nitrogen and oxygen atoms in total. The molecule has 1 saturated heterocycles. The first-order valence-electron chi connectivity index (χ1n) is 13.4. The molecule has 2 aliphatic rings. The molecule has 1 fully saturated rings. The number of amides is 1. The summed E-state index contributed by atoms with van der Waals surface area (Å²) in [5.41, 5.74) is -0.159. The van der Waals surface area contributed by atoms with Gasteiger partial charge in [0.2, 0.25) is 0 Å². The van der Waals surface area contributed by atoms with Crippen molar-refractivity contribution in [1.82, 2.24) is 10.2 Å². The zero-order chi connectivity index (χ0) is 28.8. The van der Waals surface area contributed by atoms with Gasteiger partial charge < -0.3 is 19.9 Å². The highest BCUT2D eigenvalue weighted by Crippen LogP contribution is 2.53. The Kier molecular flexibility index (Phi) is 10.0. The van der Waals surface area contributed by atoms with Crippen LogP contribution in [0.4, 0.5) is 13.2 Å². The highest BCUT2D eigenvalue weighted by atomic mass is 19.4. The molecule has 1 aromatic carbocycles. The lowest BCUT2D eigenvalue weighted by Crippen LogP contribution is -2.63. The van der Waals surface area contributed by atoms with E-state index in [4.69, 9.17) is 9.47 Å². The van der Waals surface area contributed by atoms with Crippen molar-refractivity contribution in [2.75, 3.05) is 26.3 Å². The number of nitrogens with one attached hydrogen (secondary N) is 1. The van der Waals surface area contributed by atoms with Crippen molar-refractivity contribution in [3.63, 3.8) is 0 Å². The van der Waals surface area contributed by atoms with Crippen LogP contribution in [-0.4, -0.2) is 66.4 Å². The third kappa shape index (κ3) is 6.74. The van der Waals surface area contributed by atoms with Gasteiger partial charge in [-0.1, -0.05) is 50.1 Å². The molecule has 1 amide bonds. The summed E-state index contributed by atoms with van der Waals surface area (Å²) in [5, 5.41) is 13.5. The number of unbranched alkanes of at least 4 members (excludes halogenated alkanes) is 1. The van der Waals surface area contributed by atoms with Crippen LogP contribution in [0.5, 0.6) is 0 Å². The second kappa shape index (κ2) is 12.8. The van der Waals surface area contributed by atoms with E-state index in [1.54, 1.807) is 13.8 Å². The summed E-state index contributed by atoms with van der Waals surface area (Å²) in [6, 6.07) is 8.70. The van der Waals surface area contributed by atoms with Crippen LogP contribution in [0.15, 0.2) is 41.7 Å². The van der Waals surface area contributed by atoms with E-state index in [0.29, 0.717) is 19.4 Å². The summed E-state index contributed by atoms with van der Waals surface area (Å²) in [5.74, 6) is -6.03. The second-order valence-corrected chi connectivity index (χ2v) is 10.1. The molecule has 1 unspecified atom stereocenters. The Morgan fingerprint density at radius 1 is 1.10 bits per heavy atom. The Hall–Kier alpha value is -3.08. The molecule has 0 saturated carbocycles. The molecule has 0 aromatic heterocycles. The average molecular weight is 555 g/mol. The average Bonchev–Trinajstić information content (AvgIpc) is 2.88. The summed E-state index contributed by atoms with van der Waals surface area (Å²) in [6.45, 7) is 5.40. The van der Waals surface area contributed by atoms with E-state index >= 15 is 0 Å². The molecule has 1 heterocycles. The van der Waals surface area contributed by atoms with Gasteiger partial charge in [0, 0.05) is 31.1 Å². The van der Waals surface area contributed by atoms with Crippen molar-refractivity contribution in [3.8, 4) is 0 Å². The molecule has 0 radical (unpaired) electrons. The molecule has 11 heteroatoms. The summed E-state index contributed by atoms with van der Waals surface area (Å²) >= 11 is 0. The van der Waals surface area contributed by atoms with Crippen molar-refractivity contribution in [2.45, 2.75) is 65.2 Å². The minimum atomic E-state index is -5.07. The van der Waals surface area contributed by atoms with Crippen molar-refractivity contribution < 1.29 is 42.1 Å². The van der Waals surface area contributed by atoms with Gasteiger partial charge in [0.05, 0.1) is 18.8 Å². The molecule has 3 rings (SSSR count). The lowest BCUT2D eigenvalue weighted by atomic mass is 9.57. The minimum Gasteiger partial charge on any atom is -0.511 e. The van der Waals surface area contributed by atoms with Gasteiger partial charge >= 0.3 is 24.0 Å². The molecular weight excluding hydrogens is 517 g/mol. The fourth-order valence-corrected chi connectivity index (χ4v) is 5.96. The number of halogens is 3. The third-order valence-electron chi connectivity index (χ3n) is 7.68. The summed E-state index contributed by atoms with van der Waals surface area (Å²) in [7, 11) is 0. The number of fused-ring (bicyclic) bond motifs is 2. The van der Waals surface area contributed by atoms with Gasteiger partial charge in [-0.25, -0.2) is 4.79 Å². The predicted molar refractivity (Wildman–Crippen MR) is 136 cm³/mol. The maximum Gasteiger partial charge on any atom is 0.471 e. The van der Waals surface area contributed by atoms with Crippen LogP contribution in [0.1, 0.15) is 52.0 Å². The second-order valence-electron chi connectivity index (χ2n) is 10.1. The quantitative estimate of drug-likeness (QED) is 0.393. The lowest BCUT2D eigenvalue weighted by molar-refractivity contribution is -0.175. The summed E-state index contributed by atoms with van der Waals surface area (Å²) in [4.78, 5) is 40.1. The molecule has 2 N–H and O–H groups in total. The zero-order valence-electron chi connectivity index (χ0n) is 22.6. The Bertz CT molecular complexity index is 1060.